The van der Waals surface area contributed by atoms with Gasteiger partial charge in [-0.05, 0) is 46.1 Å². The fourth-order valence-electron chi connectivity index (χ4n) is 2.05. The van der Waals surface area contributed by atoms with Gasteiger partial charge in [-0.2, -0.15) is 0 Å². The second kappa shape index (κ2) is 7.57. The molecule has 0 amide bonds. The fourth-order valence-corrected chi connectivity index (χ4v) is 2.43. The number of hydrogen-bond donors (Lipinski definition) is 1. The van der Waals surface area contributed by atoms with Crippen molar-refractivity contribution < 1.29 is 9.13 Å². The number of unbranched alkanes of at least 4 members (excludes halogenated alkanes) is 1. The van der Waals surface area contributed by atoms with Gasteiger partial charge in [0.25, 0.3) is 0 Å². The fraction of sp³-hybridized carbons (Fsp3) is 0.294. The molecule has 0 spiro atoms. The molecule has 1 atom stereocenters. The minimum absolute atomic E-state index is 0.312. The molecule has 1 unspecified atom stereocenters. The number of hydrogen-bond acceptors (Lipinski definition) is 2. The molecule has 2 rings (SSSR count). The molecule has 0 saturated carbocycles. The lowest BCUT2D eigenvalue weighted by atomic mass is 9.99. The Morgan fingerprint density at radius 2 is 1.90 bits per heavy atom. The van der Waals surface area contributed by atoms with Crippen LogP contribution in [0.4, 0.5) is 4.39 Å². The zero-order chi connectivity index (χ0) is 15.2. The monoisotopic (exact) mass is 351 g/mol. The van der Waals surface area contributed by atoms with Crippen molar-refractivity contribution in [1.29, 1.82) is 0 Å². The standard InChI is InChI=1S/C17H19BrFNO/c1-2-3-11-21-13-9-7-12(8-10-13)17(20)14-5-4-6-15(18)16(14)19/h4-10,17H,2-3,11,20H2,1H3. The minimum Gasteiger partial charge on any atom is -0.494 e. The van der Waals surface area contributed by atoms with E-state index >= 15 is 0 Å². The average molecular weight is 352 g/mol. The van der Waals surface area contributed by atoms with E-state index in [4.69, 9.17) is 10.5 Å². The quantitative estimate of drug-likeness (QED) is 0.757. The SMILES string of the molecule is CCCCOc1ccc(C(N)c2cccc(Br)c2F)cc1. The molecule has 2 N–H and O–H groups in total. The van der Waals surface area contributed by atoms with E-state index in [1.807, 2.05) is 24.3 Å². The summed E-state index contributed by atoms with van der Waals surface area (Å²) in [5, 5.41) is 0. The Morgan fingerprint density at radius 3 is 2.57 bits per heavy atom. The Bertz CT molecular complexity index is 586. The summed E-state index contributed by atoms with van der Waals surface area (Å²) in [7, 11) is 0. The largest absolute Gasteiger partial charge is 0.494 e. The third kappa shape index (κ3) is 4.05. The summed E-state index contributed by atoms with van der Waals surface area (Å²) in [6.07, 6.45) is 2.13. The van der Waals surface area contributed by atoms with Gasteiger partial charge in [-0.3, -0.25) is 0 Å². The summed E-state index contributed by atoms with van der Waals surface area (Å²) < 4.78 is 20.1. The molecule has 0 aliphatic carbocycles. The molecule has 2 aromatic rings. The van der Waals surface area contributed by atoms with Crippen LogP contribution in [-0.4, -0.2) is 6.61 Å². The van der Waals surface area contributed by atoms with Crippen molar-refractivity contribution in [2.75, 3.05) is 6.61 Å². The highest BCUT2D eigenvalue weighted by Gasteiger charge is 2.15. The molecule has 0 saturated heterocycles. The summed E-state index contributed by atoms with van der Waals surface area (Å²) in [4.78, 5) is 0. The van der Waals surface area contributed by atoms with Crippen molar-refractivity contribution in [2.45, 2.75) is 25.8 Å². The molecule has 0 bridgehead atoms. The molecule has 112 valence electrons. The first kappa shape index (κ1) is 16.0. The van der Waals surface area contributed by atoms with Gasteiger partial charge in [0.1, 0.15) is 11.6 Å². The van der Waals surface area contributed by atoms with Gasteiger partial charge < -0.3 is 10.5 Å². The second-order valence-corrected chi connectivity index (χ2v) is 5.75. The highest BCUT2D eigenvalue weighted by atomic mass is 79.9. The van der Waals surface area contributed by atoms with Crippen molar-refractivity contribution >= 4 is 15.9 Å². The highest BCUT2D eigenvalue weighted by molar-refractivity contribution is 9.10. The van der Waals surface area contributed by atoms with E-state index in [1.54, 1.807) is 18.2 Å². The molecule has 4 heteroatoms. The van der Waals surface area contributed by atoms with E-state index < -0.39 is 6.04 Å². The molecule has 2 aromatic carbocycles. The van der Waals surface area contributed by atoms with E-state index in [0.29, 0.717) is 16.6 Å². The summed E-state index contributed by atoms with van der Waals surface area (Å²) in [5.41, 5.74) is 7.49. The Balaban J connectivity index is 2.12. The molecule has 21 heavy (non-hydrogen) atoms. The summed E-state index contributed by atoms with van der Waals surface area (Å²) in [6, 6.07) is 12.2. The third-order valence-corrected chi connectivity index (χ3v) is 3.93. The predicted octanol–water partition coefficient (Wildman–Crippen LogP) is 4.82. The van der Waals surface area contributed by atoms with Crippen LogP contribution in [0.5, 0.6) is 5.75 Å². The molecule has 2 nitrogen and oxygen atoms in total. The lowest BCUT2D eigenvalue weighted by molar-refractivity contribution is 0.309. The van der Waals surface area contributed by atoms with Gasteiger partial charge in [-0.1, -0.05) is 37.6 Å². The number of rotatable bonds is 6. The molecular weight excluding hydrogens is 333 g/mol. The normalized spacial score (nSPS) is 12.2. The van der Waals surface area contributed by atoms with E-state index in [0.717, 1.165) is 24.2 Å². The molecule has 0 fully saturated rings. The molecule has 0 aliphatic heterocycles. The van der Waals surface area contributed by atoms with Crippen LogP contribution in [0.2, 0.25) is 0 Å². The van der Waals surface area contributed by atoms with Crippen LogP contribution in [0.3, 0.4) is 0 Å². The summed E-state index contributed by atoms with van der Waals surface area (Å²) in [6.45, 7) is 2.83. The maximum absolute atomic E-state index is 14.1. The maximum atomic E-state index is 14.1. The zero-order valence-electron chi connectivity index (χ0n) is 12.0. The molecule has 0 aliphatic rings. The third-order valence-electron chi connectivity index (χ3n) is 3.32. The van der Waals surface area contributed by atoms with Crippen molar-refractivity contribution in [1.82, 2.24) is 0 Å². The van der Waals surface area contributed by atoms with Crippen molar-refractivity contribution in [3.8, 4) is 5.75 Å². The van der Waals surface area contributed by atoms with Crippen LogP contribution < -0.4 is 10.5 Å². The Morgan fingerprint density at radius 1 is 1.19 bits per heavy atom. The molecule has 0 aromatic heterocycles. The van der Waals surface area contributed by atoms with E-state index in [2.05, 4.69) is 22.9 Å². The Labute approximate surface area is 133 Å². The van der Waals surface area contributed by atoms with Gasteiger partial charge in [0.05, 0.1) is 17.1 Å². The van der Waals surface area contributed by atoms with Crippen LogP contribution >= 0.6 is 15.9 Å². The predicted molar refractivity (Wildman–Crippen MR) is 87.0 cm³/mol. The smallest absolute Gasteiger partial charge is 0.142 e. The first-order valence-corrected chi connectivity index (χ1v) is 7.85. The lowest BCUT2D eigenvalue weighted by Gasteiger charge is -2.15. The van der Waals surface area contributed by atoms with Crippen LogP contribution in [-0.2, 0) is 0 Å². The average Bonchev–Trinajstić information content (AvgIpc) is 2.50. The number of nitrogens with two attached hydrogens (primary N) is 1. The number of benzene rings is 2. The first-order chi connectivity index (χ1) is 10.1. The molecule has 0 heterocycles. The van der Waals surface area contributed by atoms with Gasteiger partial charge in [-0.25, -0.2) is 4.39 Å². The van der Waals surface area contributed by atoms with Gasteiger partial charge in [-0.15, -0.1) is 0 Å². The second-order valence-electron chi connectivity index (χ2n) is 4.89. The van der Waals surface area contributed by atoms with Crippen LogP contribution in [0.1, 0.15) is 36.9 Å². The Hall–Kier alpha value is -1.39. The lowest BCUT2D eigenvalue weighted by Crippen LogP contribution is -2.13. The first-order valence-electron chi connectivity index (χ1n) is 7.05. The summed E-state index contributed by atoms with van der Waals surface area (Å²) in [5.74, 6) is 0.502. The molecule has 0 radical (unpaired) electrons. The zero-order valence-corrected chi connectivity index (χ0v) is 13.6. The maximum Gasteiger partial charge on any atom is 0.142 e. The molecular formula is C17H19BrFNO. The number of ether oxygens (including phenoxy) is 1. The van der Waals surface area contributed by atoms with Crippen molar-refractivity contribution in [2.24, 2.45) is 5.73 Å². The van der Waals surface area contributed by atoms with Gasteiger partial charge >= 0.3 is 0 Å². The Kier molecular flexibility index (Phi) is 5.76. The topological polar surface area (TPSA) is 35.2 Å². The van der Waals surface area contributed by atoms with E-state index in [-0.39, 0.29) is 5.82 Å². The van der Waals surface area contributed by atoms with Gasteiger partial charge in [0, 0.05) is 5.56 Å². The van der Waals surface area contributed by atoms with E-state index in [1.165, 1.54) is 0 Å². The van der Waals surface area contributed by atoms with Crippen LogP contribution in [0.25, 0.3) is 0 Å². The van der Waals surface area contributed by atoms with Crippen LogP contribution in [0, 0.1) is 5.82 Å². The van der Waals surface area contributed by atoms with Gasteiger partial charge in [0.15, 0.2) is 0 Å². The number of halogens is 2. The van der Waals surface area contributed by atoms with Crippen LogP contribution in [0.15, 0.2) is 46.9 Å². The highest BCUT2D eigenvalue weighted by Crippen LogP contribution is 2.27. The van der Waals surface area contributed by atoms with E-state index in [9.17, 15) is 4.39 Å². The van der Waals surface area contributed by atoms with Gasteiger partial charge in [0.2, 0.25) is 0 Å². The minimum atomic E-state index is -0.493. The van der Waals surface area contributed by atoms with Crippen molar-refractivity contribution in [3.63, 3.8) is 0 Å². The van der Waals surface area contributed by atoms with Crippen molar-refractivity contribution in [3.05, 3.63) is 63.9 Å². The summed E-state index contributed by atoms with van der Waals surface area (Å²) >= 11 is 3.18.